The van der Waals surface area contributed by atoms with Crippen molar-refractivity contribution in [2.75, 3.05) is 10.6 Å². The van der Waals surface area contributed by atoms with Gasteiger partial charge in [0.2, 0.25) is 5.95 Å². The van der Waals surface area contributed by atoms with E-state index in [1.165, 1.54) is 0 Å². The Bertz CT molecular complexity index is 823. The number of benzene rings is 1. The van der Waals surface area contributed by atoms with E-state index >= 15 is 0 Å². The Morgan fingerprint density at radius 2 is 1.91 bits per heavy atom. The lowest BCUT2D eigenvalue weighted by Gasteiger charge is -2.08. The highest BCUT2D eigenvalue weighted by molar-refractivity contribution is 5.83. The monoisotopic (exact) mass is 307 g/mol. The second-order valence-corrected chi connectivity index (χ2v) is 4.64. The summed E-state index contributed by atoms with van der Waals surface area (Å²) in [5, 5.41) is 14.1. The Kier molecular flexibility index (Phi) is 4.10. The van der Waals surface area contributed by atoms with Crippen LogP contribution in [0.1, 0.15) is 0 Å². The van der Waals surface area contributed by atoms with Gasteiger partial charge < -0.3 is 10.4 Å². The molecule has 0 fully saturated rings. The number of rotatable bonds is 4. The van der Waals surface area contributed by atoms with Crippen LogP contribution in [0, 0.1) is 0 Å². The molecule has 0 spiro atoms. The highest BCUT2D eigenvalue weighted by Gasteiger charge is 2.04. The number of carboxylic acid groups (broad SMARTS) is 1. The number of nitrogens with zero attached hydrogens (tertiary/aromatic N) is 3. The number of nitrogens with one attached hydrogen (secondary N) is 2. The summed E-state index contributed by atoms with van der Waals surface area (Å²) < 4.78 is 0. The molecule has 3 N–H and O–H groups in total. The van der Waals surface area contributed by atoms with Crippen molar-refractivity contribution in [3.05, 3.63) is 61.1 Å². The number of hydrogen-bond donors (Lipinski definition) is 3. The molecule has 3 rings (SSSR count). The van der Waals surface area contributed by atoms with Gasteiger partial charge >= 0.3 is 6.09 Å². The molecule has 3 aromatic rings. The first kappa shape index (κ1) is 14.5. The Labute approximate surface area is 132 Å². The number of aromatic nitrogens is 3. The van der Waals surface area contributed by atoms with Crippen LogP contribution in [-0.4, -0.2) is 26.2 Å². The second-order valence-electron chi connectivity index (χ2n) is 4.64. The van der Waals surface area contributed by atoms with Crippen LogP contribution in [-0.2, 0) is 0 Å². The van der Waals surface area contributed by atoms with E-state index in [0.29, 0.717) is 17.3 Å². The number of hydrogen-bond acceptors (Lipinski definition) is 5. The predicted octanol–water partition coefficient (Wildman–Crippen LogP) is 3.37. The van der Waals surface area contributed by atoms with Crippen LogP contribution in [0.25, 0.3) is 11.3 Å². The van der Waals surface area contributed by atoms with Gasteiger partial charge in [0.1, 0.15) is 0 Å². The van der Waals surface area contributed by atoms with E-state index in [9.17, 15) is 4.79 Å². The Morgan fingerprint density at radius 3 is 2.70 bits per heavy atom. The minimum Gasteiger partial charge on any atom is -0.465 e. The SMILES string of the molecule is O=C(O)Nc1cccc(Nc2nccc(-c3cccnc3)n2)c1. The molecule has 0 unspecified atom stereocenters. The molecule has 0 atom stereocenters. The van der Waals surface area contributed by atoms with Gasteiger partial charge in [-0.05, 0) is 36.4 Å². The van der Waals surface area contributed by atoms with Crippen molar-refractivity contribution in [3.8, 4) is 11.3 Å². The van der Waals surface area contributed by atoms with Gasteiger partial charge in [-0.15, -0.1) is 0 Å². The lowest BCUT2D eigenvalue weighted by Crippen LogP contribution is -2.07. The van der Waals surface area contributed by atoms with E-state index in [-0.39, 0.29) is 0 Å². The average Bonchev–Trinajstić information content (AvgIpc) is 2.56. The highest BCUT2D eigenvalue weighted by atomic mass is 16.4. The van der Waals surface area contributed by atoms with Gasteiger partial charge in [-0.25, -0.2) is 14.8 Å². The molecule has 0 saturated heterocycles. The van der Waals surface area contributed by atoms with Crippen molar-refractivity contribution < 1.29 is 9.90 Å². The maximum atomic E-state index is 10.7. The Morgan fingerprint density at radius 1 is 1.04 bits per heavy atom. The molecule has 2 aromatic heterocycles. The maximum absolute atomic E-state index is 10.7. The molecule has 1 aromatic carbocycles. The molecule has 0 aliphatic carbocycles. The molecule has 0 bridgehead atoms. The third-order valence-electron chi connectivity index (χ3n) is 2.98. The van der Waals surface area contributed by atoms with Crippen molar-refractivity contribution in [1.29, 1.82) is 0 Å². The molecule has 7 heteroatoms. The summed E-state index contributed by atoms with van der Waals surface area (Å²) >= 11 is 0. The first-order chi connectivity index (χ1) is 11.2. The molecule has 1 amide bonds. The van der Waals surface area contributed by atoms with Crippen molar-refractivity contribution in [2.45, 2.75) is 0 Å². The minimum absolute atomic E-state index is 0.416. The van der Waals surface area contributed by atoms with E-state index < -0.39 is 6.09 Å². The van der Waals surface area contributed by atoms with Gasteiger partial charge in [0.15, 0.2) is 0 Å². The Hall–Kier alpha value is -3.48. The zero-order chi connectivity index (χ0) is 16.1. The smallest absolute Gasteiger partial charge is 0.409 e. The topological polar surface area (TPSA) is 100 Å². The molecule has 7 nitrogen and oxygen atoms in total. The second kappa shape index (κ2) is 6.52. The number of amides is 1. The van der Waals surface area contributed by atoms with Gasteiger partial charge in [0.05, 0.1) is 5.69 Å². The van der Waals surface area contributed by atoms with Crippen LogP contribution < -0.4 is 10.6 Å². The maximum Gasteiger partial charge on any atom is 0.409 e. The van der Waals surface area contributed by atoms with E-state index in [2.05, 4.69) is 25.6 Å². The summed E-state index contributed by atoms with van der Waals surface area (Å²) in [6, 6.07) is 12.4. The van der Waals surface area contributed by atoms with Crippen LogP contribution in [0.3, 0.4) is 0 Å². The predicted molar refractivity (Wildman–Crippen MR) is 86.6 cm³/mol. The van der Waals surface area contributed by atoms with Crippen LogP contribution >= 0.6 is 0 Å². The normalized spacial score (nSPS) is 10.1. The average molecular weight is 307 g/mol. The number of carbonyl (C=O) groups is 1. The third kappa shape index (κ3) is 3.79. The van der Waals surface area contributed by atoms with E-state index in [4.69, 9.17) is 5.11 Å². The van der Waals surface area contributed by atoms with E-state index in [0.717, 1.165) is 11.3 Å². The zero-order valence-corrected chi connectivity index (χ0v) is 12.0. The van der Waals surface area contributed by atoms with Crippen molar-refractivity contribution in [2.24, 2.45) is 0 Å². The van der Waals surface area contributed by atoms with Crippen LogP contribution in [0.5, 0.6) is 0 Å². The minimum atomic E-state index is -1.11. The molecule has 0 aliphatic heterocycles. The van der Waals surface area contributed by atoms with Crippen LogP contribution in [0.2, 0.25) is 0 Å². The summed E-state index contributed by atoms with van der Waals surface area (Å²) in [5.41, 5.74) is 2.78. The van der Waals surface area contributed by atoms with Crippen molar-refractivity contribution in [3.63, 3.8) is 0 Å². The van der Waals surface area contributed by atoms with Crippen LogP contribution in [0.15, 0.2) is 61.1 Å². The lowest BCUT2D eigenvalue weighted by atomic mass is 10.2. The van der Waals surface area contributed by atoms with Gasteiger partial charge in [0.25, 0.3) is 0 Å². The van der Waals surface area contributed by atoms with Crippen molar-refractivity contribution in [1.82, 2.24) is 15.0 Å². The fraction of sp³-hybridized carbons (Fsp3) is 0. The summed E-state index contributed by atoms with van der Waals surface area (Å²) in [6.07, 6.45) is 3.96. The van der Waals surface area contributed by atoms with E-state index in [1.807, 2.05) is 12.1 Å². The molecule has 23 heavy (non-hydrogen) atoms. The molecular weight excluding hydrogens is 294 g/mol. The number of anilines is 3. The summed E-state index contributed by atoms with van der Waals surface area (Å²) in [4.78, 5) is 23.3. The first-order valence-electron chi connectivity index (χ1n) is 6.81. The summed E-state index contributed by atoms with van der Waals surface area (Å²) in [5.74, 6) is 0.416. The fourth-order valence-electron chi connectivity index (χ4n) is 2.02. The molecular formula is C16H13N5O2. The highest BCUT2D eigenvalue weighted by Crippen LogP contribution is 2.20. The quantitative estimate of drug-likeness (QED) is 0.683. The standard InChI is InChI=1S/C16H13N5O2/c22-16(23)20-13-5-1-4-12(9-13)19-15-18-8-6-14(21-15)11-3-2-7-17-10-11/h1-10,20H,(H,22,23)(H,18,19,21). The fourth-order valence-corrected chi connectivity index (χ4v) is 2.02. The molecule has 114 valence electrons. The molecule has 0 aliphatic rings. The number of pyridine rings is 1. The molecule has 0 saturated carbocycles. The first-order valence-corrected chi connectivity index (χ1v) is 6.81. The summed E-state index contributed by atoms with van der Waals surface area (Å²) in [7, 11) is 0. The molecule has 0 radical (unpaired) electrons. The van der Waals surface area contributed by atoms with Gasteiger partial charge in [0, 0.05) is 35.5 Å². The van der Waals surface area contributed by atoms with Crippen molar-refractivity contribution >= 4 is 23.4 Å². The molecule has 2 heterocycles. The van der Waals surface area contributed by atoms with Gasteiger partial charge in [-0.2, -0.15) is 0 Å². The third-order valence-corrected chi connectivity index (χ3v) is 2.98. The largest absolute Gasteiger partial charge is 0.465 e. The van der Waals surface area contributed by atoms with E-state index in [1.54, 1.807) is 48.9 Å². The van der Waals surface area contributed by atoms with Gasteiger partial charge in [-0.3, -0.25) is 10.3 Å². The lowest BCUT2D eigenvalue weighted by molar-refractivity contribution is 0.210. The summed E-state index contributed by atoms with van der Waals surface area (Å²) in [6.45, 7) is 0. The zero-order valence-electron chi connectivity index (χ0n) is 12.0. The van der Waals surface area contributed by atoms with Crippen LogP contribution in [0.4, 0.5) is 22.1 Å². The Balaban J connectivity index is 1.82. The van der Waals surface area contributed by atoms with Gasteiger partial charge in [-0.1, -0.05) is 6.07 Å².